The lowest BCUT2D eigenvalue weighted by molar-refractivity contribution is 0.0784. The summed E-state index contributed by atoms with van der Waals surface area (Å²) in [6, 6.07) is 4.94. The van der Waals surface area contributed by atoms with Crippen molar-refractivity contribution in [3.8, 4) is 5.75 Å². The van der Waals surface area contributed by atoms with Crippen LogP contribution >= 0.6 is 15.9 Å². The van der Waals surface area contributed by atoms with Gasteiger partial charge in [-0.3, -0.25) is 4.79 Å². The predicted molar refractivity (Wildman–Crippen MR) is 74.4 cm³/mol. The predicted octanol–water partition coefficient (Wildman–Crippen LogP) is 2.18. The Morgan fingerprint density at radius 3 is 2.78 bits per heavy atom. The molecular formula is C13H18BrNO3. The Labute approximate surface area is 116 Å². The zero-order chi connectivity index (χ0) is 13.7. The maximum Gasteiger partial charge on any atom is 0.253 e. The molecule has 1 atom stereocenters. The molecular weight excluding hydrogens is 298 g/mol. The molecule has 0 heterocycles. The molecule has 0 bridgehead atoms. The number of ether oxygens (including phenoxy) is 1. The fraction of sp³-hybridized carbons (Fsp3) is 0.462. The molecule has 1 amide bonds. The molecule has 0 radical (unpaired) electrons. The Balaban J connectivity index is 2.71. The van der Waals surface area contributed by atoms with E-state index in [-0.39, 0.29) is 16.5 Å². The van der Waals surface area contributed by atoms with E-state index in [4.69, 9.17) is 4.74 Å². The average Bonchev–Trinajstić information content (AvgIpc) is 2.32. The van der Waals surface area contributed by atoms with Crippen molar-refractivity contribution in [2.24, 2.45) is 0 Å². The second-order valence-corrected chi connectivity index (χ2v) is 5.53. The number of phenols is 1. The molecule has 4 nitrogen and oxygen atoms in total. The summed E-state index contributed by atoms with van der Waals surface area (Å²) in [5, 5.41) is 9.60. The quantitative estimate of drug-likeness (QED) is 0.847. The molecule has 0 aliphatic rings. The van der Waals surface area contributed by atoms with Gasteiger partial charge in [-0.1, -0.05) is 22.0 Å². The van der Waals surface area contributed by atoms with Gasteiger partial charge in [0, 0.05) is 26.3 Å². The Morgan fingerprint density at radius 1 is 1.56 bits per heavy atom. The van der Waals surface area contributed by atoms with Gasteiger partial charge in [-0.15, -0.1) is 0 Å². The zero-order valence-corrected chi connectivity index (χ0v) is 12.4. The zero-order valence-electron chi connectivity index (χ0n) is 10.8. The number of carbonyl (C=O) groups is 1. The molecule has 100 valence electrons. The fourth-order valence-electron chi connectivity index (χ4n) is 1.58. The maximum absolute atomic E-state index is 12.1. The lowest BCUT2D eigenvalue weighted by Gasteiger charge is -2.20. The van der Waals surface area contributed by atoms with Gasteiger partial charge in [-0.05, 0) is 24.6 Å². The van der Waals surface area contributed by atoms with Crippen molar-refractivity contribution in [3.05, 3.63) is 29.3 Å². The first-order valence-electron chi connectivity index (χ1n) is 5.63. The minimum absolute atomic E-state index is 0.0931. The third kappa shape index (κ3) is 3.99. The van der Waals surface area contributed by atoms with Crippen molar-refractivity contribution in [2.45, 2.75) is 11.8 Å². The number of hydrogen-bond acceptors (Lipinski definition) is 3. The van der Waals surface area contributed by atoms with Gasteiger partial charge in [0.2, 0.25) is 0 Å². The standard InChI is InChI=1S/C13H18BrNO3/c1-9-4-5-10(6-12(9)16)13(17)15(2)7-11(14)8-18-3/h4-6,11,16H,7-8H2,1-3H3. The molecule has 18 heavy (non-hydrogen) atoms. The highest BCUT2D eigenvalue weighted by molar-refractivity contribution is 9.09. The van der Waals surface area contributed by atoms with Gasteiger partial charge in [-0.25, -0.2) is 0 Å². The summed E-state index contributed by atoms with van der Waals surface area (Å²) < 4.78 is 5.00. The number of rotatable bonds is 5. The molecule has 1 aromatic carbocycles. The maximum atomic E-state index is 12.1. The van der Waals surface area contributed by atoms with E-state index < -0.39 is 0 Å². The van der Waals surface area contributed by atoms with Crippen LogP contribution in [-0.4, -0.2) is 48.0 Å². The highest BCUT2D eigenvalue weighted by Crippen LogP contribution is 2.18. The normalized spacial score (nSPS) is 12.2. The molecule has 1 N–H and O–H groups in total. The molecule has 5 heteroatoms. The monoisotopic (exact) mass is 315 g/mol. The number of nitrogens with zero attached hydrogens (tertiary/aromatic N) is 1. The van der Waals surface area contributed by atoms with Gasteiger partial charge in [0.05, 0.1) is 11.4 Å². The smallest absolute Gasteiger partial charge is 0.253 e. The number of hydrogen-bond donors (Lipinski definition) is 1. The third-order valence-corrected chi connectivity index (χ3v) is 3.18. The summed E-state index contributed by atoms with van der Waals surface area (Å²) in [5.41, 5.74) is 1.24. The van der Waals surface area contributed by atoms with Crippen LogP contribution in [0.1, 0.15) is 15.9 Å². The van der Waals surface area contributed by atoms with Gasteiger partial charge in [0.1, 0.15) is 5.75 Å². The molecule has 0 fully saturated rings. The van der Waals surface area contributed by atoms with E-state index >= 15 is 0 Å². The van der Waals surface area contributed by atoms with E-state index in [9.17, 15) is 9.90 Å². The summed E-state index contributed by atoms with van der Waals surface area (Å²) in [5.74, 6) is 0.0207. The largest absolute Gasteiger partial charge is 0.508 e. The number of amides is 1. The van der Waals surface area contributed by atoms with Crippen LogP contribution < -0.4 is 0 Å². The fourth-order valence-corrected chi connectivity index (χ4v) is 2.28. The van der Waals surface area contributed by atoms with Gasteiger partial charge >= 0.3 is 0 Å². The third-order valence-electron chi connectivity index (χ3n) is 2.62. The SMILES string of the molecule is COCC(Br)CN(C)C(=O)c1ccc(C)c(O)c1. The number of benzene rings is 1. The second-order valence-electron chi connectivity index (χ2n) is 4.24. The number of aryl methyl sites for hydroxylation is 1. The van der Waals surface area contributed by atoms with E-state index in [1.54, 1.807) is 38.1 Å². The highest BCUT2D eigenvalue weighted by Gasteiger charge is 2.16. The molecule has 0 aliphatic carbocycles. The summed E-state index contributed by atoms with van der Waals surface area (Å²) in [6.45, 7) is 2.87. The van der Waals surface area contributed by atoms with Crippen LogP contribution in [-0.2, 0) is 4.74 Å². The minimum Gasteiger partial charge on any atom is -0.508 e. The Bertz CT molecular complexity index is 423. The van der Waals surface area contributed by atoms with Crippen LogP contribution in [0.25, 0.3) is 0 Å². The summed E-state index contributed by atoms with van der Waals surface area (Å²) in [6.07, 6.45) is 0. The van der Waals surface area contributed by atoms with Crippen LogP contribution in [0, 0.1) is 6.92 Å². The minimum atomic E-state index is -0.120. The molecule has 1 rings (SSSR count). The molecule has 0 aliphatic heterocycles. The highest BCUT2D eigenvalue weighted by atomic mass is 79.9. The van der Waals surface area contributed by atoms with E-state index in [1.807, 2.05) is 0 Å². The van der Waals surface area contributed by atoms with E-state index in [0.717, 1.165) is 5.56 Å². The molecule has 1 aromatic rings. The van der Waals surface area contributed by atoms with E-state index in [0.29, 0.717) is 18.7 Å². The van der Waals surface area contributed by atoms with Crippen molar-refractivity contribution >= 4 is 21.8 Å². The van der Waals surface area contributed by atoms with Gasteiger partial charge < -0.3 is 14.7 Å². The molecule has 0 saturated heterocycles. The first-order chi connectivity index (χ1) is 8.45. The van der Waals surface area contributed by atoms with Crippen molar-refractivity contribution in [3.63, 3.8) is 0 Å². The number of methoxy groups -OCH3 is 1. The van der Waals surface area contributed by atoms with Gasteiger partial charge in [0.25, 0.3) is 5.91 Å². The van der Waals surface area contributed by atoms with Crippen LogP contribution in [0.3, 0.4) is 0 Å². The van der Waals surface area contributed by atoms with E-state index in [2.05, 4.69) is 15.9 Å². The number of aromatic hydroxyl groups is 1. The first kappa shape index (κ1) is 15.0. The average molecular weight is 316 g/mol. The van der Waals surface area contributed by atoms with Crippen LogP contribution in [0.15, 0.2) is 18.2 Å². The topological polar surface area (TPSA) is 49.8 Å². The number of halogens is 1. The van der Waals surface area contributed by atoms with Gasteiger partial charge in [0.15, 0.2) is 0 Å². The molecule has 0 saturated carbocycles. The second kappa shape index (κ2) is 6.75. The van der Waals surface area contributed by atoms with Crippen molar-refractivity contribution in [1.29, 1.82) is 0 Å². The molecule has 1 unspecified atom stereocenters. The Kier molecular flexibility index (Phi) is 5.62. The molecule has 0 spiro atoms. The lowest BCUT2D eigenvalue weighted by Crippen LogP contribution is -2.33. The van der Waals surface area contributed by atoms with Crippen LogP contribution in [0.2, 0.25) is 0 Å². The number of carbonyl (C=O) groups excluding carboxylic acids is 1. The lowest BCUT2D eigenvalue weighted by atomic mass is 10.1. The first-order valence-corrected chi connectivity index (χ1v) is 6.55. The van der Waals surface area contributed by atoms with Crippen molar-refractivity contribution < 1.29 is 14.6 Å². The number of alkyl halides is 1. The summed E-state index contributed by atoms with van der Waals surface area (Å²) in [4.78, 5) is 13.8. The number of phenolic OH excluding ortho intramolecular Hbond substituents is 1. The Hall–Kier alpha value is -1.07. The summed E-state index contributed by atoms with van der Waals surface area (Å²) in [7, 11) is 3.34. The summed E-state index contributed by atoms with van der Waals surface area (Å²) >= 11 is 3.44. The van der Waals surface area contributed by atoms with Gasteiger partial charge in [-0.2, -0.15) is 0 Å². The molecule has 0 aromatic heterocycles. The van der Waals surface area contributed by atoms with Crippen molar-refractivity contribution in [1.82, 2.24) is 4.90 Å². The van der Waals surface area contributed by atoms with Crippen LogP contribution in [0.4, 0.5) is 0 Å². The van der Waals surface area contributed by atoms with Crippen molar-refractivity contribution in [2.75, 3.05) is 27.3 Å². The van der Waals surface area contributed by atoms with Crippen LogP contribution in [0.5, 0.6) is 5.75 Å². The van der Waals surface area contributed by atoms with E-state index in [1.165, 1.54) is 6.07 Å². The Morgan fingerprint density at radius 2 is 2.22 bits per heavy atom.